The second-order valence-corrected chi connectivity index (χ2v) is 4.72. The molecule has 2 heterocycles. The van der Waals surface area contributed by atoms with Crippen molar-refractivity contribution in [1.29, 1.82) is 0 Å². The van der Waals surface area contributed by atoms with Gasteiger partial charge in [-0.2, -0.15) is 0 Å². The van der Waals surface area contributed by atoms with Gasteiger partial charge in [0.05, 0.1) is 18.9 Å². The summed E-state index contributed by atoms with van der Waals surface area (Å²) in [7, 11) is 0. The molecule has 1 aromatic carbocycles. The summed E-state index contributed by atoms with van der Waals surface area (Å²) >= 11 is 0. The van der Waals surface area contributed by atoms with Crippen LogP contribution in [-0.2, 0) is 13.0 Å². The second-order valence-electron chi connectivity index (χ2n) is 4.72. The van der Waals surface area contributed by atoms with Gasteiger partial charge in [0.2, 0.25) is 5.88 Å². The van der Waals surface area contributed by atoms with Gasteiger partial charge >= 0.3 is 0 Å². The molecule has 0 aliphatic rings. The van der Waals surface area contributed by atoms with Crippen molar-refractivity contribution in [3.05, 3.63) is 66.1 Å². The van der Waals surface area contributed by atoms with Crippen molar-refractivity contribution in [2.45, 2.75) is 13.0 Å². The molecular formula is C17H16N2O2. The van der Waals surface area contributed by atoms with E-state index in [1.165, 1.54) is 0 Å². The highest BCUT2D eigenvalue weighted by Gasteiger charge is 2.06. The van der Waals surface area contributed by atoms with Gasteiger partial charge < -0.3 is 9.84 Å². The van der Waals surface area contributed by atoms with E-state index >= 15 is 0 Å². The van der Waals surface area contributed by atoms with Crippen LogP contribution >= 0.6 is 0 Å². The van der Waals surface area contributed by atoms with Crippen molar-refractivity contribution in [1.82, 2.24) is 9.97 Å². The lowest BCUT2D eigenvalue weighted by Crippen LogP contribution is -2.05. The molecular weight excluding hydrogens is 264 g/mol. The average molecular weight is 280 g/mol. The van der Waals surface area contributed by atoms with E-state index < -0.39 is 0 Å². The van der Waals surface area contributed by atoms with E-state index in [9.17, 15) is 5.11 Å². The summed E-state index contributed by atoms with van der Waals surface area (Å²) < 4.78 is 5.80. The molecule has 3 aromatic rings. The van der Waals surface area contributed by atoms with Gasteiger partial charge in [0, 0.05) is 23.7 Å². The zero-order chi connectivity index (χ0) is 14.5. The van der Waals surface area contributed by atoms with Crippen molar-refractivity contribution in [3.63, 3.8) is 0 Å². The fraction of sp³-hybridized carbons (Fsp3) is 0.176. The van der Waals surface area contributed by atoms with Gasteiger partial charge in [-0.25, -0.2) is 4.98 Å². The van der Waals surface area contributed by atoms with Crippen LogP contribution in [0.4, 0.5) is 0 Å². The maximum absolute atomic E-state index is 9.30. The maximum Gasteiger partial charge on any atom is 0.221 e. The first-order chi connectivity index (χ1) is 10.4. The molecule has 0 fully saturated rings. The largest absolute Gasteiger partial charge is 0.477 e. The molecule has 0 aliphatic heterocycles. The van der Waals surface area contributed by atoms with E-state index in [-0.39, 0.29) is 6.61 Å². The van der Waals surface area contributed by atoms with E-state index in [2.05, 4.69) is 9.97 Å². The smallest absolute Gasteiger partial charge is 0.221 e. The Morgan fingerprint density at radius 1 is 1.00 bits per heavy atom. The van der Waals surface area contributed by atoms with E-state index in [1.54, 1.807) is 6.20 Å². The SMILES string of the molecule is OCc1cc2ccccc2c(OCCc2ccccn2)n1. The molecule has 0 aliphatic carbocycles. The molecule has 0 amide bonds. The molecule has 4 nitrogen and oxygen atoms in total. The second kappa shape index (κ2) is 6.33. The lowest BCUT2D eigenvalue weighted by Gasteiger charge is -2.10. The van der Waals surface area contributed by atoms with Crippen LogP contribution in [0.2, 0.25) is 0 Å². The Hall–Kier alpha value is -2.46. The Balaban J connectivity index is 1.79. The van der Waals surface area contributed by atoms with E-state index in [0.29, 0.717) is 18.2 Å². The summed E-state index contributed by atoms with van der Waals surface area (Å²) in [5.74, 6) is 0.563. The number of hydrogen-bond acceptors (Lipinski definition) is 4. The maximum atomic E-state index is 9.30. The van der Waals surface area contributed by atoms with Crippen molar-refractivity contribution >= 4 is 10.8 Å². The number of aliphatic hydroxyl groups excluding tert-OH is 1. The molecule has 3 rings (SSSR count). The molecule has 4 heteroatoms. The predicted octanol–water partition coefficient (Wildman–Crippen LogP) is 2.74. The quantitative estimate of drug-likeness (QED) is 0.780. The number of hydrogen-bond donors (Lipinski definition) is 1. The predicted molar refractivity (Wildman–Crippen MR) is 81.1 cm³/mol. The summed E-state index contributed by atoms with van der Waals surface area (Å²) in [6, 6.07) is 15.6. The Bertz CT molecular complexity index is 729. The van der Waals surface area contributed by atoms with Crippen LogP contribution in [0.15, 0.2) is 54.7 Å². The van der Waals surface area contributed by atoms with Gasteiger partial charge in [0.25, 0.3) is 0 Å². The number of ether oxygens (including phenoxy) is 1. The highest BCUT2D eigenvalue weighted by atomic mass is 16.5. The zero-order valence-electron chi connectivity index (χ0n) is 11.6. The molecule has 0 bridgehead atoms. The number of aliphatic hydroxyl groups is 1. The topological polar surface area (TPSA) is 55.2 Å². The minimum Gasteiger partial charge on any atom is -0.477 e. The third kappa shape index (κ3) is 3.17. The van der Waals surface area contributed by atoms with Crippen molar-refractivity contribution in [2.24, 2.45) is 0 Å². The number of nitrogens with zero attached hydrogens (tertiary/aromatic N) is 2. The minimum absolute atomic E-state index is 0.0958. The normalized spacial score (nSPS) is 10.7. The van der Waals surface area contributed by atoms with Gasteiger partial charge in [0.15, 0.2) is 0 Å². The van der Waals surface area contributed by atoms with Crippen LogP contribution in [0.5, 0.6) is 5.88 Å². The third-order valence-corrected chi connectivity index (χ3v) is 3.24. The van der Waals surface area contributed by atoms with Crippen LogP contribution in [0.1, 0.15) is 11.4 Å². The number of aromatic nitrogens is 2. The molecule has 21 heavy (non-hydrogen) atoms. The van der Waals surface area contributed by atoms with E-state index in [1.807, 2.05) is 48.5 Å². The highest BCUT2D eigenvalue weighted by molar-refractivity contribution is 5.87. The monoisotopic (exact) mass is 280 g/mol. The van der Waals surface area contributed by atoms with E-state index in [4.69, 9.17) is 4.74 Å². The molecule has 0 radical (unpaired) electrons. The Morgan fingerprint density at radius 2 is 1.86 bits per heavy atom. The van der Waals surface area contributed by atoms with Gasteiger partial charge in [-0.1, -0.05) is 24.3 Å². The molecule has 0 atom stereocenters. The van der Waals surface area contributed by atoms with Crippen molar-refractivity contribution in [3.8, 4) is 5.88 Å². The molecule has 0 unspecified atom stereocenters. The van der Waals surface area contributed by atoms with E-state index in [0.717, 1.165) is 22.9 Å². The van der Waals surface area contributed by atoms with Crippen LogP contribution in [0.25, 0.3) is 10.8 Å². The van der Waals surface area contributed by atoms with Crippen LogP contribution in [0, 0.1) is 0 Å². The lowest BCUT2D eigenvalue weighted by atomic mass is 10.1. The third-order valence-electron chi connectivity index (χ3n) is 3.24. The standard InChI is InChI=1S/C17H16N2O2/c20-12-15-11-13-5-1-2-7-16(13)17(19-15)21-10-8-14-6-3-4-9-18-14/h1-7,9,11,20H,8,10,12H2. The lowest BCUT2D eigenvalue weighted by molar-refractivity contribution is 0.270. The summed E-state index contributed by atoms with van der Waals surface area (Å²) in [6.45, 7) is 0.407. The van der Waals surface area contributed by atoms with Gasteiger partial charge in [0.1, 0.15) is 0 Å². The van der Waals surface area contributed by atoms with Gasteiger partial charge in [-0.3, -0.25) is 4.98 Å². The summed E-state index contributed by atoms with van der Waals surface area (Å²) in [5, 5.41) is 11.3. The number of pyridine rings is 2. The minimum atomic E-state index is -0.0958. The molecule has 1 N–H and O–H groups in total. The number of rotatable bonds is 5. The first-order valence-electron chi connectivity index (χ1n) is 6.89. The van der Waals surface area contributed by atoms with Gasteiger partial charge in [-0.15, -0.1) is 0 Å². The summed E-state index contributed by atoms with van der Waals surface area (Å²) in [6.07, 6.45) is 2.50. The van der Waals surface area contributed by atoms with Crippen molar-refractivity contribution in [2.75, 3.05) is 6.61 Å². The molecule has 0 saturated heterocycles. The number of benzene rings is 1. The molecule has 0 spiro atoms. The van der Waals surface area contributed by atoms with Crippen LogP contribution in [-0.4, -0.2) is 21.7 Å². The summed E-state index contributed by atoms with van der Waals surface area (Å²) in [5.41, 5.74) is 1.60. The molecule has 0 saturated carbocycles. The van der Waals surface area contributed by atoms with Crippen LogP contribution < -0.4 is 4.74 Å². The van der Waals surface area contributed by atoms with Crippen LogP contribution in [0.3, 0.4) is 0 Å². The molecule has 2 aromatic heterocycles. The van der Waals surface area contributed by atoms with Gasteiger partial charge in [-0.05, 0) is 29.7 Å². The van der Waals surface area contributed by atoms with Crippen molar-refractivity contribution < 1.29 is 9.84 Å². The average Bonchev–Trinajstić information content (AvgIpc) is 2.55. The summed E-state index contributed by atoms with van der Waals surface area (Å²) in [4.78, 5) is 8.62. The Labute approximate surface area is 123 Å². The Kier molecular flexibility index (Phi) is 4.07. The zero-order valence-corrected chi connectivity index (χ0v) is 11.6. The Morgan fingerprint density at radius 3 is 2.67 bits per heavy atom. The fourth-order valence-corrected chi connectivity index (χ4v) is 2.21. The number of fused-ring (bicyclic) bond motifs is 1. The highest BCUT2D eigenvalue weighted by Crippen LogP contribution is 2.24. The first-order valence-corrected chi connectivity index (χ1v) is 6.89. The fourth-order valence-electron chi connectivity index (χ4n) is 2.21. The molecule has 106 valence electrons. The first kappa shape index (κ1) is 13.5.